The van der Waals surface area contributed by atoms with Crippen LogP contribution in [0, 0.1) is 12.3 Å². The van der Waals surface area contributed by atoms with Gasteiger partial charge in [0.2, 0.25) is 5.91 Å². The molecule has 1 aromatic heterocycles. The minimum Gasteiger partial charge on any atom is -0.383 e. The van der Waals surface area contributed by atoms with Crippen LogP contribution >= 0.6 is 11.3 Å². The fourth-order valence-corrected chi connectivity index (χ4v) is 4.78. The molecule has 8 heteroatoms. The quantitative estimate of drug-likeness (QED) is 0.873. The maximum absolute atomic E-state index is 12.9. The van der Waals surface area contributed by atoms with Gasteiger partial charge in [0.15, 0.2) is 5.13 Å². The molecule has 1 spiro atoms. The molecule has 3 rings (SSSR count). The molecule has 2 N–H and O–H groups in total. The Morgan fingerprint density at radius 2 is 2.20 bits per heavy atom. The first kappa shape index (κ1) is 18.1. The molecular formula is C17H26N4O3S. The van der Waals surface area contributed by atoms with Crippen LogP contribution in [0.15, 0.2) is 0 Å². The monoisotopic (exact) mass is 366 g/mol. The van der Waals surface area contributed by atoms with E-state index in [1.165, 1.54) is 11.3 Å². The zero-order valence-electron chi connectivity index (χ0n) is 14.9. The van der Waals surface area contributed by atoms with Crippen molar-refractivity contribution >= 4 is 28.3 Å². The second kappa shape index (κ2) is 7.29. The lowest BCUT2D eigenvalue weighted by Gasteiger charge is -2.48. The van der Waals surface area contributed by atoms with Crippen LogP contribution in [0.3, 0.4) is 0 Å². The summed E-state index contributed by atoms with van der Waals surface area (Å²) in [6, 6.07) is 0. The van der Waals surface area contributed by atoms with Crippen LogP contribution < -0.4 is 5.73 Å². The minimum atomic E-state index is -0.000299. The van der Waals surface area contributed by atoms with Gasteiger partial charge in [-0.05, 0) is 26.2 Å². The van der Waals surface area contributed by atoms with E-state index in [4.69, 9.17) is 10.5 Å². The van der Waals surface area contributed by atoms with Gasteiger partial charge in [-0.25, -0.2) is 4.98 Å². The molecule has 1 atom stereocenters. The Morgan fingerprint density at radius 3 is 2.88 bits per heavy atom. The molecule has 2 aliphatic rings. The summed E-state index contributed by atoms with van der Waals surface area (Å²) in [6.07, 6.45) is 3.42. The highest BCUT2D eigenvalue weighted by Crippen LogP contribution is 2.39. The molecule has 2 amide bonds. The molecule has 25 heavy (non-hydrogen) atoms. The van der Waals surface area contributed by atoms with Crippen molar-refractivity contribution in [3.8, 4) is 0 Å². The van der Waals surface area contributed by atoms with Crippen LogP contribution in [0.4, 0.5) is 5.13 Å². The Kier molecular flexibility index (Phi) is 5.29. The topological polar surface area (TPSA) is 88.8 Å². The van der Waals surface area contributed by atoms with Gasteiger partial charge in [-0.1, -0.05) is 11.3 Å². The van der Waals surface area contributed by atoms with E-state index >= 15 is 0 Å². The van der Waals surface area contributed by atoms with Gasteiger partial charge < -0.3 is 20.3 Å². The lowest BCUT2D eigenvalue weighted by atomic mass is 9.73. The number of hydrogen-bond donors (Lipinski definition) is 1. The van der Waals surface area contributed by atoms with Crippen LogP contribution in [0.2, 0.25) is 0 Å². The number of piperidine rings is 2. The van der Waals surface area contributed by atoms with Gasteiger partial charge in [-0.2, -0.15) is 0 Å². The summed E-state index contributed by atoms with van der Waals surface area (Å²) < 4.78 is 5.13. The number of nitrogens with zero attached hydrogens (tertiary/aromatic N) is 3. The molecule has 0 aromatic carbocycles. The van der Waals surface area contributed by atoms with Crippen molar-refractivity contribution in [2.45, 2.75) is 32.6 Å². The number of thiazole rings is 1. The van der Waals surface area contributed by atoms with Crippen molar-refractivity contribution in [3.63, 3.8) is 0 Å². The zero-order valence-corrected chi connectivity index (χ0v) is 15.7. The lowest BCUT2D eigenvalue weighted by molar-refractivity contribution is -0.139. The number of amides is 2. The van der Waals surface area contributed by atoms with Crippen molar-refractivity contribution in [2.24, 2.45) is 5.41 Å². The van der Waals surface area contributed by atoms with Crippen LogP contribution in [0.1, 0.15) is 41.0 Å². The maximum Gasteiger partial charge on any atom is 0.265 e. The second-order valence-corrected chi connectivity index (χ2v) is 8.14. The number of carbonyl (C=O) groups excluding carboxylic acids is 2. The molecule has 0 bridgehead atoms. The number of hydrogen-bond acceptors (Lipinski definition) is 6. The molecule has 7 nitrogen and oxygen atoms in total. The molecule has 0 aliphatic carbocycles. The van der Waals surface area contributed by atoms with Gasteiger partial charge in [0, 0.05) is 45.1 Å². The van der Waals surface area contributed by atoms with Crippen LogP contribution in [-0.2, 0) is 9.53 Å². The smallest absolute Gasteiger partial charge is 0.265 e. The highest BCUT2D eigenvalue weighted by molar-refractivity contribution is 7.17. The third kappa shape index (κ3) is 3.79. The Labute approximate surface area is 152 Å². The molecule has 0 unspecified atom stereocenters. The SMILES string of the molecule is COCCN1C[C@@]2(CCCN(C(=O)c3sc(N)nc3C)C2)CCC1=O. The fraction of sp³-hybridized carbons (Fsp3) is 0.706. The number of anilines is 1. The zero-order chi connectivity index (χ0) is 18.0. The average Bonchev–Trinajstić information content (AvgIpc) is 2.94. The van der Waals surface area contributed by atoms with Crippen molar-refractivity contribution < 1.29 is 14.3 Å². The first-order valence-corrected chi connectivity index (χ1v) is 9.55. The molecule has 138 valence electrons. The molecule has 0 radical (unpaired) electrons. The molecule has 3 heterocycles. The number of rotatable bonds is 4. The van der Waals surface area contributed by atoms with Crippen molar-refractivity contribution in [1.82, 2.24) is 14.8 Å². The third-order valence-electron chi connectivity index (χ3n) is 5.27. The van der Waals surface area contributed by atoms with E-state index in [0.717, 1.165) is 25.8 Å². The average molecular weight is 366 g/mol. The number of likely N-dealkylation sites (tertiary alicyclic amines) is 2. The van der Waals surface area contributed by atoms with Crippen molar-refractivity contribution in [3.05, 3.63) is 10.6 Å². The lowest BCUT2D eigenvalue weighted by Crippen LogP contribution is -2.55. The van der Waals surface area contributed by atoms with E-state index in [2.05, 4.69) is 4.98 Å². The predicted molar refractivity (Wildman–Crippen MR) is 96.5 cm³/mol. The third-order valence-corrected chi connectivity index (χ3v) is 6.24. The first-order valence-electron chi connectivity index (χ1n) is 8.73. The highest BCUT2D eigenvalue weighted by Gasteiger charge is 2.43. The Morgan fingerprint density at radius 1 is 1.40 bits per heavy atom. The predicted octanol–water partition coefficient (Wildman–Crippen LogP) is 1.52. The van der Waals surface area contributed by atoms with Crippen LogP contribution in [0.25, 0.3) is 0 Å². The van der Waals surface area contributed by atoms with E-state index < -0.39 is 0 Å². The van der Waals surface area contributed by atoms with Crippen molar-refractivity contribution in [2.75, 3.05) is 45.6 Å². The van der Waals surface area contributed by atoms with Gasteiger partial charge in [0.05, 0.1) is 12.3 Å². The highest BCUT2D eigenvalue weighted by atomic mass is 32.1. The molecule has 2 saturated heterocycles. The van der Waals surface area contributed by atoms with E-state index in [9.17, 15) is 9.59 Å². The summed E-state index contributed by atoms with van der Waals surface area (Å²) in [7, 11) is 1.65. The van der Waals surface area contributed by atoms with E-state index in [1.807, 2.05) is 16.7 Å². The molecule has 2 fully saturated rings. The van der Waals surface area contributed by atoms with Gasteiger partial charge in [0.1, 0.15) is 4.88 Å². The van der Waals surface area contributed by atoms with E-state index in [-0.39, 0.29) is 17.2 Å². The number of nitrogens with two attached hydrogens (primary N) is 1. The van der Waals surface area contributed by atoms with Crippen LogP contribution in [0.5, 0.6) is 0 Å². The number of aryl methyl sites for hydroxylation is 1. The Balaban J connectivity index is 1.72. The number of nitrogen functional groups attached to an aromatic ring is 1. The van der Waals surface area contributed by atoms with Crippen molar-refractivity contribution in [1.29, 1.82) is 0 Å². The Hall–Kier alpha value is -1.67. The number of carbonyl (C=O) groups is 2. The summed E-state index contributed by atoms with van der Waals surface area (Å²) in [5.74, 6) is 0.211. The maximum atomic E-state index is 12.9. The summed E-state index contributed by atoms with van der Waals surface area (Å²) >= 11 is 1.26. The molecule has 1 aromatic rings. The Bertz CT molecular complexity index is 662. The number of aromatic nitrogens is 1. The van der Waals surface area contributed by atoms with E-state index in [1.54, 1.807) is 7.11 Å². The summed E-state index contributed by atoms with van der Waals surface area (Å²) in [5, 5.41) is 0.432. The van der Waals surface area contributed by atoms with Gasteiger partial charge in [-0.3, -0.25) is 9.59 Å². The van der Waals surface area contributed by atoms with E-state index in [0.29, 0.717) is 48.4 Å². The van der Waals surface area contributed by atoms with Gasteiger partial charge in [0.25, 0.3) is 5.91 Å². The minimum absolute atomic E-state index is 0.000299. The molecule has 0 saturated carbocycles. The molecular weight excluding hydrogens is 340 g/mol. The second-order valence-electron chi connectivity index (χ2n) is 7.10. The number of ether oxygens (including phenoxy) is 1. The summed E-state index contributed by atoms with van der Waals surface area (Å²) in [6.45, 7) is 5.15. The molecule has 2 aliphatic heterocycles. The van der Waals surface area contributed by atoms with Crippen LogP contribution in [-0.4, -0.2) is 66.5 Å². The summed E-state index contributed by atoms with van der Waals surface area (Å²) in [4.78, 5) is 33.7. The normalized spacial score (nSPS) is 24.2. The number of methoxy groups -OCH3 is 1. The van der Waals surface area contributed by atoms with Gasteiger partial charge in [-0.15, -0.1) is 0 Å². The fourth-order valence-electron chi connectivity index (χ4n) is 3.98. The standard InChI is InChI=1S/C17H26N4O3S/c1-12-14(25-16(18)19-12)15(23)21-7-3-5-17(11-21)6-4-13(22)20(10-17)8-9-24-2/h3-11H2,1-2H3,(H2,18,19)/t17-/m1/s1. The largest absolute Gasteiger partial charge is 0.383 e. The summed E-state index contributed by atoms with van der Waals surface area (Å²) in [5.41, 5.74) is 6.44. The first-order chi connectivity index (χ1) is 11.9. The van der Waals surface area contributed by atoms with Gasteiger partial charge >= 0.3 is 0 Å².